The van der Waals surface area contributed by atoms with Gasteiger partial charge >= 0.3 is 0 Å². The van der Waals surface area contributed by atoms with Crippen molar-refractivity contribution < 1.29 is 9.53 Å². The van der Waals surface area contributed by atoms with Crippen LogP contribution in [0.1, 0.15) is 52.9 Å². The number of carbonyl (C=O) groups is 1. The van der Waals surface area contributed by atoms with Gasteiger partial charge in [0, 0.05) is 50.2 Å². The Morgan fingerprint density at radius 3 is 2.75 bits per heavy atom. The number of nitrogens with one attached hydrogen (secondary N) is 2. The van der Waals surface area contributed by atoms with Gasteiger partial charge in [0.05, 0.1) is 19.8 Å². The minimum Gasteiger partial charge on any atom is -0.379 e. The molecule has 0 spiro atoms. The lowest BCUT2D eigenvalue weighted by atomic mass is 10.1. The molecule has 0 bridgehead atoms. The predicted octanol–water partition coefficient (Wildman–Crippen LogP) is 1.44. The lowest BCUT2D eigenvalue weighted by Gasteiger charge is -2.37. The minimum atomic E-state index is 0.275. The molecule has 2 saturated heterocycles. The maximum Gasteiger partial charge on any atom is 0.225 e. The fourth-order valence-corrected chi connectivity index (χ4v) is 4.75. The van der Waals surface area contributed by atoms with Crippen LogP contribution in [0, 0.1) is 5.92 Å². The zero-order valence-electron chi connectivity index (χ0n) is 18.0. The van der Waals surface area contributed by atoms with Crippen molar-refractivity contribution in [3.8, 4) is 0 Å². The van der Waals surface area contributed by atoms with Gasteiger partial charge in [0.2, 0.25) is 5.91 Å². The summed E-state index contributed by atoms with van der Waals surface area (Å²) in [6.45, 7) is 12.4. The van der Waals surface area contributed by atoms with Crippen molar-refractivity contribution in [2.45, 2.75) is 71.0 Å². The van der Waals surface area contributed by atoms with Crippen molar-refractivity contribution >= 4 is 11.9 Å². The Kier molecular flexibility index (Phi) is 7.97. The molecule has 3 rings (SSSR count). The summed E-state index contributed by atoms with van der Waals surface area (Å²) in [4.78, 5) is 22.0. The molecular weight excluding hydrogens is 354 g/mol. The molecule has 1 saturated carbocycles. The normalized spacial score (nSPS) is 28.5. The van der Waals surface area contributed by atoms with E-state index in [1.54, 1.807) is 0 Å². The lowest BCUT2D eigenvalue weighted by Crippen LogP contribution is -2.50. The summed E-state index contributed by atoms with van der Waals surface area (Å²) in [5, 5.41) is 6.93. The lowest BCUT2D eigenvalue weighted by molar-refractivity contribution is -0.134. The van der Waals surface area contributed by atoms with Crippen LogP contribution < -0.4 is 10.6 Å². The van der Waals surface area contributed by atoms with Crippen LogP contribution >= 0.6 is 0 Å². The number of morpholine rings is 1. The number of ether oxygens (including phenoxy) is 1. The fourth-order valence-electron chi connectivity index (χ4n) is 4.75. The van der Waals surface area contributed by atoms with Gasteiger partial charge in [0.1, 0.15) is 0 Å². The highest BCUT2D eigenvalue weighted by atomic mass is 16.5. The van der Waals surface area contributed by atoms with Crippen molar-refractivity contribution in [1.82, 2.24) is 20.4 Å². The third-order valence-electron chi connectivity index (χ3n) is 6.39. The highest BCUT2D eigenvalue weighted by Crippen LogP contribution is 2.27. The summed E-state index contributed by atoms with van der Waals surface area (Å²) in [7, 11) is 0. The number of nitrogens with zero attached hydrogens (tertiary/aromatic N) is 3. The smallest absolute Gasteiger partial charge is 0.225 e. The van der Waals surface area contributed by atoms with Gasteiger partial charge in [-0.15, -0.1) is 0 Å². The first-order chi connectivity index (χ1) is 13.6. The van der Waals surface area contributed by atoms with Crippen LogP contribution in [0.15, 0.2) is 4.99 Å². The maximum absolute atomic E-state index is 12.7. The molecule has 3 aliphatic rings. The second-order valence-electron chi connectivity index (χ2n) is 8.63. The average Bonchev–Trinajstić information content (AvgIpc) is 3.38. The first-order valence-corrected chi connectivity index (χ1v) is 11.3. The molecule has 0 aromatic heterocycles. The zero-order chi connectivity index (χ0) is 19.9. The number of amides is 1. The average molecular weight is 394 g/mol. The van der Waals surface area contributed by atoms with Gasteiger partial charge in [-0.3, -0.25) is 14.7 Å². The summed E-state index contributed by atoms with van der Waals surface area (Å²) in [5.74, 6) is 1.52. The molecule has 3 fully saturated rings. The van der Waals surface area contributed by atoms with Gasteiger partial charge < -0.3 is 20.3 Å². The number of carbonyl (C=O) groups excluding carboxylic acids is 1. The molecule has 0 aromatic carbocycles. The van der Waals surface area contributed by atoms with Crippen LogP contribution in [0.2, 0.25) is 0 Å². The summed E-state index contributed by atoms with van der Waals surface area (Å²) >= 11 is 0. The van der Waals surface area contributed by atoms with Crippen LogP contribution in [0.3, 0.4) is 0 Å². The Balaban J connectivity index is 1.49. The molecule has 2 heterocycles. The van der Waals surface area contributed by atoms with Crippen molar-refractivity contribution in [1.29, 1.82) is 0 Å². The van der Waals surface area contributed by atoms with Crippen LogP contribution in [0.4, 0.5) is 0 Å². The Morgan fingerprint density at radius 1 is 1.25 bits per heavy atom. The SMILES string of the molecule is CCNC(=NCC(C)N1CCOCC1C)NC1CCN(C(=O)C2CCCC2)C1. The van der Waals surface area contributed by atoms with E-state index in [2.05, 4.69) is 41.2 Å². The first kappa shape index (κ1) is 21.4. The van der Waals surface area contributed by atoms with E-state index in [1.807, 2.05) is 0 Å². The van der Waals surface area contributed by atoms with E-state index in [4.69, 9.17) is 9.73 Å². The van der Waals surface area contributed by atoms with E-state index in [9.17, 15) is 4.79 Å². The molecule has 2 aliphatic heterocycles. The second kappa shape index (κ2) is 10.4. The molecule has 28 heavy (non-hydrogen) atoms. The Bertz CT molecular complexity index is 535. The van der Waals surface area contributed by atoms with E-state index >= 15 is 0 Å². The Hall–Kier alpha value is -1.34. The van der Waals surface area contributed by atoms with Crippen LogP contribution in [-0.4, -0.2) is 85.7 Å². The molecule has 7 heteroatoms. The van der Waals surface area contributed by atoms with Gasteiger partial charge in [-0.25, -0.2) is 0 Å². The third-order valence-corrected chi connectivity index (χ3v) is 6.39. The van der Waals surface area contributed by atoms with Gasteiger partial charge in [0.25, 0.3) is 0 Å². The minimum absolute atomic E-state index is 0.275. The van der Waals surface area contributed by atoms with Gasteiger partial charge in [-0.05, 0) is 40.0 Å². The van der Waals surface area contributed by atoms with E-state index in [0.717, 1.165) is 71.2 Å². The summed E-state index contributed by atoms with van der Waals surface area (Å²) in [6.07, 6.45) is 5.58. The van der Waals surface area contributed by atoms with Gasteiger partial charge in [0.15, 0.2) is 5.96 Å². The molecule has 3 unspecified atom stereocenters. The number of guanidine groups is 1. The van der Waals surface area contributed by atoms with Crippen LogP contribution in [0.5, 0.6) is 0 Å². The summed E-state index contributed by atoms with van der Waals surface area (Å²) < 4.78 is 5.55. The number of hydrogen-bond acceptors (Lipinski definition) is 4. The Morgan fingerprint density at radius 2 is 2.04 bits per heavy atom. The van der Waals surface area contributed by atoms with E-state index in [0.29, 0.717) is 24.0 Å². The monoisotopic (exact) mass is 393 g/mol. The molecule has 160 valence electrons. The third kappa shape index (κ3) is 5.60. The topological polar surface area (TPSA) is 69.2 Å². The standard InChI is InChI=1S/C21H39N5O2/c1-4-22-21(23-13-16(2)26-11-12-28-15-17(26)3)24-19-9-10-25(14-19)20(27)18-7-5-6-8-18/h16-19H,4-15H2,1-3H3,(H2,22,23,24). The number of likely N-dealkylation sites (tertiary alicyclic amines) is 1. The largest absolute Gasteiger partial charge is 0.379 e. The highest BCUT2D eigenvalue weighted by Gasteiger charge is 2.32. The first-order valence-electron chi connectivity index (χ1n) is 11.3. The van der Waals surface area contributed by atoms with Crippen molar-refractivity contribution in [2.75, 3.05) is 45.9 Å². The molecule has 7 nitrogen and oxygen atoms in total. The molecule has 2 N–H and O–H groups in total. The zero-order valence-corrected chi connectivity index (χ0v) is 18.0. The predicted molar refractivity (Wildman–Crippen MR) is 113 cm³/mol. The number of rotatable bonds is 6. The Labute approximate surface area is 170 Å². The van der Waals surface area contributed by atoms with Crippen molar-refractivity contribution in [3.63, 3.8) is 0 Å². The van der Waals surface area contributed by atoms with E-state index in [-0.39, 0.29) is 5.92 Å². The molecule has 0 aromatic rings. The molecule has 1 amide bonds. The summed E-state index contributed by atoms with van der Waals surface area (Å²) in [5.41, 5.74) is 0. The molecule has 3 atom stereocenters. The van der Waals surface area contributed by atoms with Crippen molar-refractivity contribution in [3.05, 3.63) is 0 Å². The quantitative estimate of drug-likeness (QED) is 0.528. The number of hydrogen-bond donors (Lipinski definition) is 2. The van der Waals surface area contributed by atoms with Crippen LogP contribution in [0.25, 0.3) is 0 Å². The second-order valence-corrected chi connectivity index (χ2v) is 8.63. The van der Waals surface area contributed by atoms with Gasteiger partial charge in [-0.1, -0.05) is 12.8 Å². The van der Waals surface area contributed by atoms with Gasteiger partial charge in [-0.2, -0.15) is 0 Å². The van der Waals surface area contributed by atoms with Crippen LogP contribution in [-0.2, 0) is 9.53 Å². The highest BCUT2D eigenvalue weighted by molar-refractivity contribution is 5.81. The molecular formula is C21H39N5O2. The number of aliphatic imine (C=N–C) groups is 1. The van der Waals surface area contributed by atoms with E-state index < -0.39 is 0 Å². The summed E-state index contributed by atoms with van der Waals surface area (Å²) in [6, 6.07) is 1.12. The maximum atomic E-state index is 12.7. The molecule has 1 aliphatic carbocycles. The molecule has 0 radical (unpaired) electrons. The van der Waals surface area contributed by atoms with E-state index in [1.165, 1.54) is 12.8 Å². The fraction of sp³-hybridized carbons (Fsp3) is 0.905. The van der Waals surface area contributed by atoms with Crippen molar-refractivity contribution in [2.24, 2.45) is 10.9 Å².